The average Bonchev–Trinajstić information content (AvgIpc) is 2.90. The summed E-state index contributed by atoms with van der Waals surface area (Å²) < 4.78 is 22.2. The van der Waals surface area contributed by atoms with Crippen LogP contribution in [0.2, 0.25) is 5.02 Å². The lowest BCUT2D eigenvalue weighted by atomic mass is 10.0. The van der Waals surface area contributed by atoms with Crippen molar-refractivity contribution in [3.63, 3.8) is 0 Å². The first-order valence-electron chi connectivity index (χ1n) is 7.37. The Labute approximate surface area is 136 Å². The van der Waals surface area contributed by atoms with Crippen molar-refractivity contribution in [3.05, 3.63) is 43.4 Å². The Hall–Kier alpha value is -2.02. The van der Waals surface area contributed by atoms with E-state index in [4.69, 9.17) is 16.3 Å². The molecule has 2 heterocycles. The Kier molecular flexibility index (Phi) is 3.63. The summed E-state index contributed by atoms with van der Waals surface area (Å²) in [4.78, 5) is 24.6. The number of nitrogens with zero attached hydrogens (tertiary/aromatic N) is 2. The molecule has 0 bridgehead atoms. The zero-order valence-corrected chi connectivity index (χ0v) is 13.8. The molecule has 2 aromatic rings. The molecule has 1 aromatic heterocycles. The van der Waals surface area contributed by atoms with Gasteiger partial charge in [-0.05, 0) is 26.3 Å². The van der Waals surface area contributed by atoms with Gasteiger partial charge in [0.15, 0.2) is 11.6 Å². The molecule has 0 saturated heterocycles. The summed E-state index contributed by atoms with van der Waals surface area (Å²) in [6.45, 7) is 5.87. The smallest absolute Gasteiger partial charge is 0.351 e. The standard InChI is InChI=1S/C15H17ClFN3O3/c1-4-5-19-14(22)20(13(21)18-19)11-10(17)6-9(16)8-7-15(2,3)23-12(8)11/h6H,4-5,7H2,1-3H3,(H,18,21). The van der Waals surface area contributed by atoms with Crippen LogP contribution in [0.4, 0.5) is 4.39 Å². The van der Waals surface area contributed by atoms with Crippen molar-refractivity contribution in [1.29, 1.82) is 0 Å². The fourth-order valence-electron chi connectivity index (χ4n) is 2.84. The predicted molar refractivity (Wildman–Crippen MR) is 84.3 cm³/mol. The Morgan fingerprint density at radius 1 is 1.43 bits per heavy atom. The maximum atomic E-state index is 14.5. The number of hydrogen-bond acceptors (Lipinski definition) is 3. The molecule has 3 rings (SSSR count). The van der Waals surface area contributed by atoms with E-state index in [2.05, 4.69) is 5.10 Å². The summed E-state index contributed by atoms with van der Waals surface area (Å²) in [5.41, 5.74) is -1.51. The first-order chi connectivity index (χ1) is 10.7. The van der Waals surface area contributed by atoms with E-state index in [1.54, 1.807) is 0 Å². The van der Waals surface area contributed by atoms with Gasteiger partial charge in [-0.1, -0.05) is 18.5 Å². The highest BCUT2D eigenvalue weighted by molar-refractivity contribution is 6.31. The molecule has 0 atom stereocenters. The van der Waals surface area contributed by atoms with Gasteiger partial charge in [0.05, 0.1) is 5.02 Å². The lowest BCUT2D eigenvalue weighted by Crippen LogP contribution is -2.29. The van der Waals surface area contributed by atoms with Crippen molar-refractivity contribution in [2.75, 3.05) is 0 Å². The molecule has 124 valence electrons. The molecule has 0 spiro atoms. The second-order valence-electron chi connectivity index (χ2n) is 6.22. The fourth-order valence-corrected chi connectivity index (χ4v) is 3.09. The third kappa shape index (κ3) is 2.49. The topological polar surface area (TPSA) is 69.0 Å². The molecular formula is C15H17ClFN3O3. The zero-order valence-electron chi connectivity index (χ0n) is 13.1. The number of ether oxygens (including phenoxy) is 1. The Bertz CT molecular complexity index is 895. The van der Waals surface area contributed by atoms with Gasteiger partial charge in [0, 0.05) is 18.5 Å². The molecule has 0 saturated carbocycles. The quantitative estimate of drug-likeness (QED) is 0.931. The molecule has 0 aliphatic carbocycles. The van der Waals surface area contributed by atoms with E-state index in [-0.39, 0.29) is 16.5 Å². The van der Waals surface area contributed by atoms with Crippen LogP contribution < -0.4 is 16.1 Å². The monoisotopic (exact) mass is 341 g/mol. The molecule has 0 amide bonds. The van der Waals surface area contributed by atoms with Gasteiger partial charge in [0.2, 0.25) is 0 Å². The molecule has 1 N–H and O–H groups in total. The molecule has 1 aromatic carbocycles. The van der Waals surface area contributed by atoms with Crippen LogP contribution in [0.3, 0.4) is 0 Å². The van der Waals surface area contributed by atoms with E-state index in [0.717, 1.165) is 15.3 Å². The minimum absolute atomic E-state index is 0.154. The van der Waals surface area contributed by atoms with E-state index in [1.165, 1.54) is 0 Å². The van der Waals surface area contributed by atoms with Crippen LogP contribution in [0, 0.1) is 5.82 Å². The van der Waals surface area contributed by atoms with Crippen LogP contribution in [-0.4, -0.2) is 19.9 Å². The summed E-state index contributed by atoms with van der Waals surface area (Å²) in [5.74, 6) is -0.616. The van der Waals surface area contributed by atoms with Crippen molar-refractivity contribution in [2.24, 2.45) is 0 Å². The van der Waals surface area contributed by atoms with E-state index >= 15 is 0 Å². The maximum Gasteiger partial charge on any atom is 0.351 e. The predicted octanol–water partition coefficient (Wildman–Crippen LogP) is 2.24. The van der Waals surface area contributed by atoms with Crippen LogP contribution in [0.1, 0.15) is 32.8 Å². The third-order valence-corrected chi connectivity index (χ3v) is 4.10. The Morgan fingerprint density at radius 2 is 2.13 bits per heavy atom. The van der Waals surface area contributed by atoms with E-state index in [1.807, 2.05) is 20.8 Å². The van der Waals surface area contributed by atoms with Crippen molar-refractivity contribution in [1.82, 2.24) is 14.3 Å². The van der Waals surface area contributed by atoms with Crippen molar-refractivity contribution >= 4 is 11.6 Å². The van der Waals surface area contributed by atoms with Gasteiger partial charge in [0.1, 0.15) is 11.3 Å². The Morgan fingerprint density at radius 3 is 2.78 bits per heavy atom. The molecule has 8 heteroatoms. The SMILES string of the molecule is CCCn1[nH]c(=O)n(-c2c(F)cc(Cl)c3c2OC(C)(C)C3)c1=O. The first kappa shape index (κ1) is 15.9. The second kappa shape index (κ2) is 5.26. The van der Waals surface area contributed by atoms with Crippen molar-refractivity contribution < 1.29 is 9.13 Å². The third-order valence-electron chi connectivity index (χ3n) is 3.76. The van der Waals surface area contributed by atoms with Crippen LogP contribution in [0.5, 0.6) is 5.75 Å². The van der Waals surface area contributed by atoms with Gasteiger partial charge >= 0.3 is 11.4 Å². The van der Waals surface area contributed by atoms with E-state index in [0.29, 0.717) is 24.9 Å². The number of benzene rings is 1. The van der Waals surface area contributed by atoms with Crippen molar-refractivity contribution in [3.8, 4) is 11.4 Å². The van der Waals surface area contributed by atoms with Crippen LogP contribution >= 0.6 is 11.6 Å². The number of aromatic nitrogens is 3. The average molecular weight is 342 g/mol. The molecule has 0 radical (unpaired) electrons. The lowest BCUT2D eigenvalue weighted by Gasteiger charge is -2.18. The number of fused-ring (bicyclic) bond motifs is 1. The molecule has 0 fully saturated rings. The second-order valence-corrected chi connectivity index (χ2v) is 6.63. The normalized spacial score (nSPS) is 15.5. The lowest BCUT2D eigenvalue weighted by molar-refractivity contribution is 0.138. The number of nitrogens with one attached hydrogen (secondary N) is 1. The number of rotatable bonds is 3. The molecular weight excluding hydrogens is 325 g/mol. The minimum atomic E-state index is -0.770. The summed E-state index contributed by atoms with van der Waals surface area (Å²) in [7, 11) is 0. The van der Waals surface area contributed by atoms with Gasteiger partial charge in [-0.25, -0.2) is 28.3 Å². The largest absolute Gasteiger partial charge is 0.485 e. The molecule has 1 aliphatic rings. The van der Waals surface area contributed by atoms with Gasteiger partial charge in [-0.3, -0.25) is 0 Å². The van der Waals surface area contributed by atoms with Crippen LogP contribution in [-0.2, 0) is 13.0 Å². The highest BCUT2D eigenvalue weighted by atomic mass is 35.5. The minimum Gasteiger partial charge on any atom is -0.485 e. The number of halogens is 2. The van der Waals surface area contributed by atoms with Gasteiger partial charge < -0.3 is 4.74 Å². The highest BCUT2D eigenvalue weighted by Crippen LogP contribution is 2.43. The Balaban J connectivity index is 2.30. The fraction of sp³-hybridized carbons (Fsp3) is 0.467. The first-order valence-corrected chi connectivity index (χ1v) is 7.75. The number of hydrogen-bond donors (Lipinski definition) is 1. The summed E-state index contributed by atoms with van der Waals surface area (Å²) in [6.07, 6.45) is 1.13. The molecule has 23 heavy (non-hydrogen) atoms. The number of aryl methyl sites for hydroxylation is 1. The van der Waals surface area contributed by atoms with E-state index in [9.17, 15) is 14.0 Å². The number of aromatic amines is 1. The zero-order chi connectivity index (χ0) is 16.9. The summed E-state index contributed by atoms with van der Waals surface area (Å²) >= 11 is 6.10. The number of H-pyrrole nitrogens is 1. The molecule has 1 aliphatic heterocycles. The molecule has 6 nitrogen and oxygen atoms in total. The van der Waals surface area contributed by atoms with Crippen LogP contribution in [0.15, 0.2) is 15.7 Å². The van der Waals surface area contributed by atoms with Gasteiger partial charge in [-0.2, -0.15) is 0 Å². The highest BCUT2D eigenvalue weighted by Gasteiger charge is 2.36. The van der Waals surface area contributed by atoms with Crippen LogP contribution in [0.25, 0.3) is 5.69 Å². The van der Waals surface area contributed by atoms with Gasteiger partial charge in [-0.15, -0.1) is 0 Å². The van der Waals surface area contributed by atoms with E-state index < -0.39 is 22.8 Å². The maximum absolute atomic E-state index is 14.5. The summed E-state index contributed by atoms with van der Waals surface area (Å²) in [6, 6.07) is 1.11. The van der Waals surface area contributed by atoms with Crippen molar-refractivity contribution in [2.45, 2.75) is 45.8 Å². The summed E-state index contributed by atoms with van der Waals surface area (Å²) in [5, 5.41) is 2.65. The molecule has 0 unspecified atom stereocenters. The van der Waals surface area contributed by atoms with Gasteiger partial charge in [0.25, 0.3) is 0 Å².